The predicted octanol–water partition coefficient (Wildman–Crippen LogP) is 4.54. The van der Waals surface area contributed by atoms with Crippen molar-refractivity contribution in [1.82, 2.24) is 5.32 Å². The second kappa shape index (κ2) is 6.58. The van der Waals surface area contributed by atoms with Gasteiger partial charge < -0.3 is 10.1 Å². The predicted molar refractivity (Wildman–Crippen MR) is 81.2 cm³/mol. The molecule has 1 N–H and O–H groups in total. The van der Waals surface area contributed by atoms with Crippen LogP contribution in [0.4, 0.5) is 0 Å². The molecule has 0 fully saturated rings. The molecular formula is C15H24BrNO. The second-order valence-corrected chi connectivity index (χ2v) is 6.64. The lowest BCUT2D eigenvalue weighted by Crippen LogP contribution is -2.23. The molecule has 102 valence electrons. The zero-order chi connectivity index (χ0) is 13.8. The molecule has 0 bridgehead atoms. The Morgan fingerprint density at radius 1 is 1.33 bits per heavy atom. The fraction of sp³-hybridized carbons (Fsp3) is 0.600. The molecule has 0 aromatic heterocycles. The number of ether oxygens (including phenoxy) is 1. The number of benzene rings is 1. The quantitative estimate of drug-likeness (QED) is 0.861. The summed E-state index contributed by atoms with van der Waals surface area (Å²) in [5.41, 5.74) is 1.50. The first-order chi connectivity index (χ1) is 8.37. The molecule has 0 radical (unpaired) electrons. The SMILES string of the molecule is CCOc1ccc(Br)cc1C(CC(C)(C)C)NC. The number of hydrogen-bond acceptors (Lipinski definition) is 2. The summed E-state index contributed by atoms with van der Waals surface area (Å²) < 4.78 is 6.82. The molecule has 3 heteroatoms. The highest BCUT2D eigenvalue weighted by molar-refractivity contribution is 9.10. The van der Waals surface area contributed by atoms with Crippen LogP contribution < -0.4 is 10.1 Å². The van der Waals surface area contributed by atoms with Crippen molar-refractivity contribution in [1.29, 1.82) is 0 Å². The van der Waals surface area contributed by atoms with Crippen LogP contribution in [0.15, 0.2) is 22.7 Å². The maximum absolute atomic E-state index is 5.73. The Labute approximate surface area is 119 Å². The minimum atomic E-state index is 0.277. The van der Waals surface area contributed by atoms with Crippen molar-refractivity contribution in [2.45, 2.75) is 40.2 Å². The third kappa shape index (κ3) is 4.62. The van der Waals surface area contributed by atoms with Crippen molar-refractivity contribution in [3.8, 4) is 5.75 Å². The van der Waals surface area contributed by atoms with Gasteiger partial charge in [0.1, 0.15) is 5.75 Å². The van der Waals surface area contributed by atoms with Crippen LogP contribution in [0.3, 0.4) is 0 Å². The first kappa shape index (κ1) is 15.5. The molecule has 0 aliphatic carbocycles. The summed E-state index contributed by atoms with van der Waals surface area (Å²) in [6.45, 7) is 9.49. The fourth-order valence-electron chi connectivity index (χ4n) is 2.06. The van der Waals surface area contributed by atoms with E-state index < -0.39 is 0 Å². The highest BCUT2D eigenvalue weighted by Crippen LogP contribution is 2.35. The van der Waals surface area contributed by atoms with Gasteiger partial charge in [-0.15, -0.1) is 0 Å². The van der Waals surface area contributed by atoms with Crippen LogP contribution in [0.2, 0.25) is 0 Å². The van der Waals surface area contributed by atoms with E-state index in [4.69, 9.17) is 4.74 Å². The Morgan fingerprint density at radius 3 is 2.50 bits per heavy atom. The van der Waals surface area contributed by atoms with E-state index in [0.29, 0.717) is 12.6 Å². The summed E-state index contributed by atoms with van der Waals surface area (Å²) in [6, 6.07) is 6.52. The molecule has 0 aliphatic heterocycles. The van der Waals surface area contributed by atoms with E-state index in [1.165, 1.54) is 5.56 Å². The Bertz CT molecular complexity index is 385. The lowest BCUT2D eigenvalue weighted by atomic mass is 9.85. The maximum Gasteiger partial charge on any atom is 0.124 e. The average molecular weight is 314 g/mol. The molecule has 0 saturated carbocycles. The Hall–Kier alpha value is -0.540. The minimum Gasteiger partial charge on any atom is -0.494 e. The molecule has 0 heterocycles. The average Bonchev–Trinajstić information content (AvgIpc) is 2.27. The molecule has 1 unspecified atom stereocenters. The van der Waals surface area contributed by atoms with Gasteiger partial charge in [-0.2, -0.15) is 0 Å². The largest absolute Gasteiger partial charge is 0.494 e. The third-order valence-corrected chi connectivity index (χ3v) is 3.31. The summed E-state index contributed by atoms with van der Waals surface area (Å²) in [5, 5.41) is 3.40. The molecule has 0 aliphatic rings. The normalized spacial score (nSPS) is 13.4. The zero-order valence-electron chi connectivity index (χ0n) is 12.0. The van der Waals surface area contributed by atoms with Crippen LogP contribution in [0.1, 0.15) is 45.7 Å². The van der Waals surface area contributed by atoms with E-state index >= 15 is 0 Å². The third-order valence-electron chi connectivity index (χ3n) is 2.81. The molecule has 18 heavy (non-hydrogen) atoms. The molecule has 1 aromatic carbocycles. The van der Waals surface area contributed by atoms with Gasteiger partial charge in [0.2, 0.25) is 0 Å². The van der Waals surface area contributed by atoms with Gasteiger partial charge in [0.25, 0.3) is 0 Å². The van der Waals surface area contributed by atoms with Crippen LogP contribution >= 0.6 is 15.9 Å². The van der Waals surface area contributed by atoms with Crippen molar-refractivity contribution in [2.24, 2.45) is 5.41 Å². The van der Waals surface area contributed by atoms with E-state index in [2.05, 4.69) is 48.1 Å². The van der Waals surface area contributed by atoms with E-state index in [9.17, 15) is 0 Å². The van der Waals surface area contributed by atoms with Gasteiger partial charge in [0, 0.05) is 16.1 Å². The highest BCUT2D eigenvalue weighted by atomic mass is 79.9. The molecule has 0 spiro atoms. The Balaban J connectivity index is 3.06. The summed E-state index contributed by atoms with van der Waals surface area (Å²) in [7, 11) is 2.01. The van der Waals surface area contributed by atoms with E-state index in [1.54, 1.807) is 0 Å². The van der Waals surface area contributed by atoms with Crippen LogP contribution in [0, 0.1) is 5.41 Å². The Morgan fingerprint density at radius 2 is 2.00 bits per heavy atom. The summed E-state index contributed by atoms with van der Waals surface area (Å²) in [4.78, 5) is 0. The van der Waals surface area contributed by atoms with Crippen LogP contribution in [-0.2, 0) is 0 Å². The van der Waals surface area contributed by atoms with Crippen molar-refractivity contribution in [3.05, 3.63) is 28.2 Å². The summed E-state index contributed by atoms with van der Waals surface area (Å²) >= 11 is 3.54. The van der Waals surface area contributed by atoms with E-state index in [-0.39, 0.29) is 5.41 Å². The minimum absolute atomic E-state index is 0.277. The fourth-order valence-corrected chi connectivity index (χ4v) is 2.44. The molecule has 0 saturated heterocycles. The lowest BCUT2D eigenvalue weighted by Gasteiger charge is -2.27. The first-order valence-electron chi connectivity index (χ1n) is 6.47. The van der Waals surface area contributed by atoms with Gasteiger partial charge in [-0.05, 0) is 44.0 Å². The molecule has 1 aromatic rings. The summed E-state index contributed by atoms with van der Waals surface area (Å²) in [6.07, 6.45) is 1.07. The number of nitrogens with one attached hydrogen (secondary N) is 1. The maximum atomic E-state index is 5.73. The van der Waals surface area contributed by atoms with Crippen molar-refractivity contribution < 1.29 is 4.74 Å². The van der Waals surface area contributed by atoms with Crippen LogP contribution in [-0.4, -0.2) is 13.7 Å². The van der Waals surface area contributed by atoms with Gasteiger partial charge in [-0.3, -0.25) is 0 Å². The highest BCUT2D eigenvalue weighted by Gasteiger charge is 2.21. The smallest absolute Gasteiger partial charge is 0.124 e. The molecule has 0 amide bonds. The second-order valence-electron chi connectivity index (χ2n) is 5.72. The van der Waals surface area contributed by atoms with E-state index in [1.807, 2.05) is 26.1 Å². The van der Waals surface area contributed by atoms with Crippen LogP contribution in [0.25, 0.3) is 0 Å². The monoisotopic (exact) mass is 313 g/mol. The molecular weight excluding hydrogens is 290 g/mol. The van der Waals surface area contributed by atoms with Crippen molar-refractivity contribution in [2.75, 3.05) is 13.7 Å². The van der Waals surface area contributed by atoms with Gasteiger partial charge in [0.15, 0.2) is 0 Å². The van der Waals surface area contributed by atoms with Gasteiger partial charge in [-0.25, -0.2) is 0 Å². The molecule has 1 atom stereocenters. The standard InChI is InChI=1S/C15H24BrNO/c1-6-18-14-8-7-11(16)9-12(14)13(17-5)10-15(2,3)4/h7-9,13,17H,6,10H2,1-5H3. The summed E-state index contributed by atoms with van der Waals surface area (Å²) in [5.74, 6) is 0.976. The van der Waals surface area contributed by atoms with Crippen LogP contribution in [0.5, 0.6) is 5.75 Å². The number of rotatable bonds is 5. The Kier molecular flexibility index (Phi) is 5.67. The van der Waals surface area contributed by atoms with E-state index in [0.717, 1.165) is 16.6 Å². The number of halogens is 1. The van der Waals surface area contributed by atoms with Gasteiger partial charge in [0.05, 0.1) is 6.61 Å². The first-order valence-corrected chi connectivity index (χ1v) is 7.26. The molecule has 2 nitrogen and oxygen atoms in total. The van der Waals surface area contributed by atoms with Gasteiger partial charge in [-0.1, -0.05) is 36.7 Å². The topological polar surface area (TPSA) is 21.3 Å². The lowest BCUT2D eigenvalue weighted by molar-refractivity contribution is 0.301. The molecule has 1 rings (SSSR count). The van der Waals surface area contributed by atoms with Gasteiger partial charge >= 0.3 is 0 Å². The van der Waals surface area contributed by atoms with Crippen molar-refractivity contribution in [3.63, 3.8) is 0 Å². The zero-order valence-corrected chi connectivity index (χ0v) is 13.6. The van der Waals surface area contributed by atoms with Crippen molar-refractivity contribution >= 4 is 15.9 Å². The number of hydrogen-bond donors (Lipinski definition) is 1.